The number of para-hydroxylation sites is 1. The second kappa shape index (κ2) is 11.0. The summed E-state index contributed by atoms with van der Waals surface area (Å²) >= 11 is 0. The Morgan fingerprint density at radius 1 is 0.974 bits per heavy atom. The monoisotopic (exact) mass is 539 g/mol. The van der Waals surface area contributed by atoms with Crippen LogP contribution in [0.25, 0.3) is 16.8 Å². The van der Waals surface area contributed by atoms with E-state index in [1.807, 2.05) is 6.92 Å². The molecule has 0 spiro atoms. The maximum atomic E-state index is 13.9. The molecular weight excluding hydrogens is 513 g/mol. The van der Waals surface area contributed by atoms with Gasteiger partial charge in [0.25, 0.3) is 5.56 Å². The average Bonchev–Trinajstić information content (AvgIpc) is 2.91. The van der Waals surface area contributed by atoms with Crippen molar-refractivity contribution < 1.29 is 27.4 Å². The zero-order chi connectivity index (χ0) is 27.4. The molecule has 0 radical (unpaired) electrons. The van der Waals surface area contributed by atoms with Crippen LogP contribution in [0.3, 0.4) is 0 Å². The lowest BCUT2D eigenvalue weighted by Crippen LogP contribution is -2.30. The quantitative estimate of drug-likeness (QED) is 0.334. The predicted octanol–water partition coefficient (Wildman–Crippen LogP) is 4.33. The summed E-state index contributed by atoms with van der Waals surface area (Å²) in [6.45, 7) is 1.95. The molecule has 2 heterocycles. The molecule has 9 nitrogen and oxygen atoms in total. The third-order valence-corrected chi connectivity index (χ3v) is 7.62. The van der Waals surface area contributed by atoms with Gasteiger partial charge in [-0.15, -0.1) is 0 Å². The number of hydrogen-bond donors (Lipinski definition) is 1. The number of nitrogens with zero attached hydrogens (tertiary/aromatic N) is 3. The van der Waals surface area contributed by atoms with Crippen molar-refractivity contribution >= 4 is 9.84 Å². The summed E-state index contributed by atoms with van der Waals surface area (Å²) in [6.07, 6.45) is 2.97. The fourth-order valence-electron chi connectivity index (χ4n) is 4.01. The Hall–Kier alpha value is -4.25. The lowest BCUT2D eigenvalue weighted by Gasteiger charge is -2.19. The number of hydrogen-bond acceptors (Lipinski definition) is 8. The zero-order valence-electron chi connectivity index (χ0n) is 21.0. The number of aryl methyl sites for hydroxylation is 1. The van der Waals surface area contributed by atoms with Crippen molar-refractivity contribution in [1.29, 1.82) is 0 Å². The number of sulfone groups is 1. The minimum absolute atomic E-state index is 0.149. The van der Waals surface area contributed by atoms with Gasteiger partial charge in [0.15, 0.2) is 5.03 Å². The van der Waals surface area contributed by atoms with E-state index in [0.717, 1.165) is 11.0 Å². The molecule has 0 unspecified atom stereocenters. The van der Waals surface area contributed by atoms with Gasteiger partial charge in [-0.1, -0.05) is 31.5 Å². The lowest BCUT2D eigenvalue weighted by atomic mass is 10.1. The minimum atomic E-state index is -4.61. The molecule has 0 saturated heterocycles. The van der Waals surface area contributed by atoms with Gasteiger partial charge in [0.05, 0.1) is 14.2 Å². The van der Waals surface area contributed by atoms with Crippen LogP contribution in [0, 0.1) is 5.82 Å². The van der Waals surface area contributed by atoms with Crippen LogP contribution in [0.5, 0.6) is 17.4 Å². The van der Waals surface area contributed by atoms with E-state index in [-0.39, 0.29) is 29.4 Å². The number of rotatable bonds is 9. The fourth-order valence-corrected chi connectivity index (χ4v) is 5.27. The van der Waals surface area contributed by atoms with Crippen molar-refractivity contribution in [1.82, 2.24) is 14.5 Å². The molecule has 2 aromatic carbocycles. The molecule has 38 heavy (non-hydrogen) atoms. The lowest BCUT2D eigenvalue weighted by molar-refractivity contribution is 0.386. The Kier molecular flexibility index (Phi) is 7.77. The van der Waals surface area contributed by atoms with E-state index in [0.29, 0.717) is 17.5 Å². The maximum absolute atomic E-state index is 13.9. The number of halogens is 1. The first-order valence-corrected chi connectivity index (χ1v) is 13.2. The first-order valence-electron chi connectivity index (χ1n) is 11.8. The molecule has 0 saturated carbocycles. The number of aromatic nitrogens is 3. The molecule has 198 valence electrons. The summed E-state index contributed by atoms with van der Waals surface area (Å²) in [4.78, 5) is 21.1. The van der Waals surface area contributed by atoms with Crippen LogP contribution in [-0.4, -0.2) is 42.3 Å². The molecule has 2 aromatic heterocycles. The maximum Gasteiger partial charge on any atom is 0.281 e. The van der Waals surface area contributed by atoms with E-state index in [2.05, 4.69) is 9.97 Å². The molecular formula is C27H26FN3O6S. The van der Waals surface area contributed by atoms with E-state index < -0.39 is 37.0 Å². The third kappa shape index (κ3) is 4.97. The average molecular weight is 540 g/mol. The Morgan fingerprint density at radius 3 is 2.16 bits per heavy atom. The van der Waals surface area contributed by atoms with Crippen molar-refractivity contribution in [3.05, 3.63) is 82.8 Å². The van der Waals surface area contributed by atoms with Crippen LogP contribution < -0.4 is 15.0 Å². The molecule has 4 aromatic rings. The third-order valence-electron chi connectivity index (χ3n) is 5.93. The summed E-state index contributed by atoms with van der Waals surface area (Å²) in [5.74, 6) is -0.677. The summed E-state index contributed by atoms with van der Waals surface area (Å²) in [5, 5.41) is 10.3. The van der Waals surface area contributed by atoms with E-state index in [4.69, 9.17) is 9.47 Å². The molecule has 0 aliphatic carbocycles. The molecule has 1 N–H and O–H groups in total. The van der Waals surface area contributed by atoms with Gasteiger partial charge in [0.1, 0.15) is 28.8 Å². The summed E-state index contributed by atoms with van der Waals surface area (Å²) in [6, 6.07) is 13.2. The molecule has 0 bridgehead atoms. The van der Waals surface area contributed by atoms with E-state index in [1.165, 1.54) is 56.8 Å². The van der Waals surface area contributed by atoms with Crippen LogP contribution in [0.1, 0.15) is 25.6 Å². The highest BCUT2D eigenvalue weighted by Gasteiger charge is 2.32. The second-order valence-electron chi connectivity index (χ2n) is 8.33. The fraction of sp³-hybridized carbons (Fsp3) is 0.222. The van der Waals surface area contributed by atoms with Crippen LogP contribution >= 0.6 is 0 Å². The van der Waals surface area contributed by atoms with Crippen molar-refractivity contribution in [2.24, 2.45) is 0 Å². The highest BCUT2D eigenvalue weighted by molar-refractivity contribution is 7.91. The topological polar surface area (TPSA) is 121 Å². The number of benzene rings is 2. The van der Waals surface area contributed by atoms with E-state index in [1.54, 1.807) is 18.2 Å². The molecule has 4 rings (SSSR count). The number of methoxy groups -OCH3 is 2. The van der Waals surface area contributed by atoms with Gasteiger partial charge in [0.2, 0.25) is 20.6 Å². The second-order valence-corrected chi connectivity index (χ2v) is 10.2. The largest absolute Gasteiger partial charge is 0.494 e. The SMILES string of the molecule is CCCCc1nc(O)c(S(=O)(=O)c2ccc(-c3ccc(F)cc3)cn2)c(=O)n1-c1c(OC)cccc1OC. The highest BCUT2D eigenvalue weighted by atomic mass is 32.2. The first-order chi connectivity index (χ1) is 18.2. The van der Waals surface area contributed by atoms with Gasteiger partial charge >= 0.3 is 0 Å². The Bertz CT molecular complexity index is 1600. The van der Waals surface area contributed by atoms with Gasteiger partial charge in [-0.3, -0.25) is 9.36 Å². The van der Waals surface area contributed by atoms with E-state index >= 15 is 0 Å². The van der Waals surface area contributed by atoms with Crippen LogP contribution in [-0.2, 0) is 16.3 Å². The van der Waals surface area contributed by atoms with Crippen LogP contribution in [0.15, 0.2) is 75.5 Å². The molecule has 0 amide bonds. The number of unbranched alkanes of at least 4 members (excludes halogenated alkanes) is 1. The number of ether oxygens (including phenoxy) is 2. The predicted molar refractivity (Wildman–Crippen MR) is 138 cm³/mol. The minimum Gasteiger partial charge on any atom is -0.494 e. The number of aromatic hydroxyl groups is 1. The highest BCUT2D eigenvalue weighted by Crippen LogP contribution is 2.34. The summed E-state index contributed by atoms with van der Waals surface area (Å²) in [5.41, 5.74) is 0.309. The van der Waals surface area contributed by atoms with Crippen molar-refractivity contribution in [3.63, 3.8) is 0 Å². The molecule has 0 aliphatic rings. The van der Waals surface area contributed by atoms with Crippen molar-refractivity contribution in [2.45, 2.75) is 36.1 Å². The molecule has 0 atom stereocenters. The van der Waals surface area contributed by atoms with Gasteiger partial charge in [-0.05, 0) is 48.4 Å². The Labute approximate surface area is 219 Å². The summed E-state index contributed by atoms with van der Waals surface area (Å²) < 4.78 is 52.5. The zero-order valence-corrected chi connectivity index (χ0v) is 21.8. The van der Waals surface area contributed by atoms with Crippen molar-refractivity contribution in [2.75, 3.05) is 14.2 Å². The Morgan fingerprint density at radius 2 is 1.61 bits per heavy atom. The van der Waals surface area contributed by atoms with Crippen LogP contribution in [0.4, 0.5) is 4.39 Å². The number of pyridine rings is 1. The summed E-state index contributed by atoms with van der Waals surface area (Å²) in [7, 11) is -1.79. The van der Waals surface area contributed by atoms with Gasteiger partial charge < -0.3 is 14.6 Å². The standard InChI is InChI=1S/C27H26FN3O6S/c1-4-5-9-22-30-26(32)25(27(33)31(22)24-20(36-2)7-6-8-21(24)37-3)38(34,35)23-15-12-18(16-29-23)17-10-13-19(28)14-11-17/h6-8,10-16,32H,4-5,9H2,1-3H3. The molecule has 11 heteroatoms. The van der Waals surface area contributed by atoms with Gasteiger partial charge in [-0.2, -0.15) is 4.98 Å². The van der Waals surface area contributed by atoms with Gasteiger partial charge in [0, 0.05) is 18.2 Å². The molecule has 0 fully saturated rings. The molecule has 0 aliphatic heterocycles. The van der Waals surface area contributed by atoms with Gasteiger partial charge in [-0.25, -0.2) is 17.8 Å². The first kappa shape index (κ1) is 26.8. The Balaban J connectivity index is 1.92. The smallest absolute Gasteiger partial charge is 0.281 e. The van der Waals surface area contributed by atoms with E-state index in [9.17, 15) is 22.7 Å². The normalized spacial score (nSPS) is 11.4. The van der Waals surface area contributed by atoms with Crippen LogP contribution in [0.2, 0.25) is 0 Å². The van der Waals surface area contributed by atoms with Crippen molar-refractivity contribution in [3.8, 4) is 34.2 Å².